The highest BCUT2D eigenvalue weighted by molar-refractivity contribution is 8.26. The SMILES string of the molecule is CCOCCCN1C(=O)/C(=C/c2c(N3CCNC(=O)[C@H]3CC(=O)OC)nc3ccccn3c2=O)SC1=S. The van der Waals surface area contributed by atoms with E-state index in [0.717, 1.165) is 11.8 Å². The standard InChI is InChI=1S/C24H27N5O6S2/c1-3-35-12-6-10-29-23(33)17(37-24(29)36)13-15-20(26-18-7-4-5-9-28(18)22(15)32)27-11-8-25-21(31)16(27)14-19(30)34-2/h4-5,7,9,13,16H,3,6,8,10-12,14H2,1-2H3,(H,25,31)/b17-13-/t16-/m1/s1. The number of methoxy groups -OCH3 is 1. The van der Waals surface area contributed by atoms with E-state index in [4.69, 9.17) is 21.7 Å². The Morgan fingerprint density at radius 1 is 1.32 bits per heavy atom. The van der Waals surface area contributed by atoms with Crippen LogP contribution in [0.3, 0.4) is 0 Å². The highest BCUT2D eigenvalue weighted by Gasteiger charge is 2.36. The van der Waals surface area contributed by atoms with Gasteiger partial charge in [-0.1, -0.05) is 30.0 Å². The number of carbonyl (C=O) groups is 3. The lowest BCUT2D eigenvalue weighted by Gasteiger charge is -2.36. The lowest BCUT2D eigenvalue weighted by molar-refractivity contribution is -0.143. The number of piperazine rings is 1. The molecule has 11 nitrogen and oxygen atoms in total. The van der Waals surface area contributed by atoms with Crippen molar-refractivity contribution in [3.05, 3.63) is 45.2 Å². The number of thiocarbonyl (C=S) groups is 1. The zero-order valence-electron chi connectivity index (χ0n) is 20.5. The van der Waals surface area contributed by atoms with Crippen LogP contribution >= 0.6 is 24.0 Å². The molecule has 0 aliphatic carbocycles. The number of fused-ring (bicyclic) bond motifs is 1. The topological polar surface area (TPSA) is 123 Å². The number of amides is 2. The number of nitrogens with one attached hydrogen (secondary N) is 1. The normalized spacial score (nSPS) is 19.1. The number of pyridine rings is 1. The van der Waals surface area contributed by atoms with Gasteiger partial charge in [0.1, 0.15) is 21.8 Å². The molecular weight excluding hydrogens is 518 g/mol. The molecule has 2 aliphatic heterocycles. The number of aromatic nitrogens is 2. The lowest BCUT2D eigenvalue weighted by Crippen LogP contribution is -2.57. The third-order valence-electron chi connectivity index (χ3n) is 5.96. The molecule has 4 rings (SSSR count). The van der Waals surface area contributed by atoms with Crippen molar-refractivity contribution in [2.24, 2.45) is 0 Å². The Bertz CT molecular complexity index is 1330. The summed E-state index contributed by atoms with van der Waals surface area (Å²) in [7, 11) is 1.25. The van der Waals surface area contributed by atoms with Crippen molar-refractivity contribution < 1.29 is 23.9 Å². The quantitative estimate of drug-likeness (QED) is 0.213. The van der Waals surface area contributed by atoms with Crippen molar-refractivity contribution in [2.45, 2.75) is 25.8 Å². The van der Waals surface area contributed by atoms with E-state index in [1.165, 1.54) is 22.5 Å². The Labute approximate surface area is 222 Å². The molecule has 1 N–H and O–H groups in total. The predicted octanol–water partition coefficient (Wildman–Crippen LogP) is 1.19. The molecule has 0 spiro atoms. The van der Waals surface area contributed by atoms with Gasteiger partial charge in [0.05, 0.1) is 24.0 Å². The minimum absolute atomic E-state index is 0.128. The minimum atomic E-state index is -0.931. The summed E-state index contributed by atoms with van der Waals surface area (Å²) in [4.78, 5) is 59.7. The van der Waals surface area contributed by atoms with Crippen LogP contribution in [0.15, 0.2) is 34.1 Å². The first kappa shape index (κ1) is 26.8. The van der Waals surface area contributed by atoms with Gasteiger partial charge in [-0.15, -0.1) is 0 Å². The number of rotatable bonds is 9. The number of carbonyl (C=O) groups excluding carboxylic acids is 3. The van der Waals surface area contributed by atoms with E-state index in [0.29, 0.717) is 49.2 Å². The van der Waals surface area contributed by atoms with Crippen molar-refractivity contribution >= 4 is 63.6 Å². The Hall–Kier alpha value is -3.29. The van der Waals surface area contributed by atoms with Crippen LogP contribution in [-0.4, -0.2) is 82.4 Å². The van der Waals surface area contributed by atoms with E-state index in [2.05, 4.69) is 10.3 Å². The average Bonchev–Trinajstić information content (AvgIpc) is 3.16. The third kappa shape index (κ3) is 5.68. The van der Waals surface area contributed by atoms with E-state index < -0.39 is 17.6 Å². The van der Waals surface area contributed by atoms with E-state index >= 15 is 0 Å². The van der Waals surface area contributed by atoms with Gasteiger partial charge in [0.25, 0.3) is 11.5 Å². The molecule has 13 heteroatoms. The molecule has 0 saturated carbocycles. The fraction of sp³-hybridized carbons (Fsp3) is 0.417. The fourth-order valence-corrected chi connectivity index (χ4v) is 5.43. The van der Waals surface area contributed by atoms with Gasteiger partial charge in [0, 0.05) is 39.0 Å². The minimum Gasteiger partial charge on any atom is -0.469 e. The second-order valence-electron chi connectivity index (χ2n) is 8.25. The summed E-state index contributed by atoms with van der Waals surface area (Å²) in [6.45, 7) is 4.00. The molecule has 0 unspecified atom stereocenters. The number of hydrogen-bond donors (Lipinski definition) is 1. The van der Waals surface area contributed by atoms with E-state index in [1.807, 2.05) is 6.92 Å². The summed E-state index contributed by atoms with van der Waals surface area (Å²) in [5, 5.41) is 2.75. The second kappa shape index (κ2) is 11.8. The van der Waals surface area contributed by atoms with Crippen molar-refractivity contribution in [2.75, 3.05) is 44.9 Å². The van der Waals surface area contributed by atoms with Crippen LogP contribution in [0.2, 0.25) is 0 Å². The van der Waals surface area contributed by atoms with E-state index in [-0.39, 0.29) is 34.5 Å². The van der Waals surface area contributed by atoms with E-state index in [1.54, 1.807) is 29.3 Å². The maximum Gasteiger partial charge on any atom is 0.308 e. The molecule has 0 bridgehead atoms. The number of hydrogen-bond acceptors (Lipinski definition) is 10. The Kier molecular flexibility index (Phi) is 8.56. The molecule has 2 saturated heterocycles. The summed E-state index contributed by atoms with van der Waals surface area (Å²) < 4.78 is 11.9. The third-order valence-corrected chi connectivity index (χ3v) is 7.34. The van der Waals surface area contributed by atoms with Crippen LogP contribution < -0.4 is 15.8 Å². The Morgan fingerprint density at radius 2 is 2.14 bits per heavy atom. The molecule has 196 valence electrons. The van der Waals surface area contributed by atoms with Gasteiger partial charge < -0.3 is 19.7 Å². The average molecular weight is 546 g/mol. The first-order chi connectivity index (χ1) is 17.8. The first-order valence-electron chi connectivity index (χ1n) is 11.8. The number of ether oxygens (including phenoxy) is 2. The van der Waals surface area contributed by atoms with Gasteiger partial charge in [0.15, 0.2) is 0 Å². The van der Waals surface area contributed by atoms with Crippen LogP contribution in [0.25, 0.3) is 11.7 Å². The lowest BCUT2D eigenvalue weighted by atomic mass is 10.1. The summed E-state index contributed by atoms with van der Waals surface area (Å²) in [6.07, 6.45) is 3.46. The number of anilines is 1. The molecule has 2 fully saturated rings. The van der Waals surface area contributed by atoms with Gasteiger partial charge in [-0.05, 0) is 31.6 Å². The van der Waals surface area contributed by atoms with Crippen LogP contribution in [0.1, 0.15) is 25.3 Å². The Balaban J connectivity index is 1.78. The summed E-state index contributed by atoms with van der Waals surface area (Å²) in [6, 6.07) is 4.19. The van der Waals surface area contributed by atoms with Crippen LogP contribution in [0.4, 0.5) is 5.82 Å². The van der Waals surface area contributed by atoms with Gasteiger partial charge >= 0.3 is 5.97 Å². The number of thioether (sulfide) groups is 1. The largest absolute Gasteiger partial charge is 0.469 e. The number of nitrogens with zero attached hydrogens (tertiary/aromatic N) is 4. The summed E-state index contributed by atoms with van der Waals surface area (Å²) >= 11 is 6.53. The highest BCUT2D eigenvalue weighted by atomic mass is 32.2. The smallest absolute Gasteiger partial charge is 0.308 e. The molecule has 2 amide bonds. The monoisotopic (exact) mass is 545 g/mol. The summed E-state index contributed by atoms with van der Waals surface area (Å²) in [5.41, 5.74) is 0.0824. The first-order valence-corrected chi connectivity index (χ1v) is 13.0. The fourth-order valence-electron chi connectivity index (χ4n) is 4.14. The number of esters is 1. The van der Waals surface area contributed by atoms with E-state index in [9.17, 15) is 19.2 Å². The molecule has 2 aliphatic rings. The molecular formula is C24H27N5O6S2. The molecule has 0 aromatic carbocycles. The zero-order valence-corrected chi connectivity index (χ0v) is 22.1. The van der Waals surface area contributed by atoms with Crippen molar-refractivity contribution in [1.82, 2.24) is 19.6 Å². The molecule has 2 aromatic heterocycles. The maximum absolute atomic E-state index is 13.6. The second-order valence-corrected chi connectivity index (χ2v) is 9.92. The zero-order chi connectivity index (χ0) is 26.5. The van der Waals surface area contributed by atoms with Crippen molar-refractivity contribution in [1.29, 1.82) is 0 Å². The molecule has 0 radical (unpaired) electrons. The van der Waals surface area contributed by atoms with Gasteiger partial charge in [-0.3, -0.25) is 28.5 Å². The van der Waals surface area contributed by atoms with Crippen LogP contribution in [-0.2, 0) is 23.9 Å². The van der Waals surface area contributed by atoms with Crippen molar-refractivity contribution in [3.63, 3.8) is 0 Å². The highest BCUT2D eigenvalue weighted by Crippen LogP contribution is 2.34. The predicted molar refractivity (Wildman–Crippen MR) is 143 cm³/mol. The van der Waals surface area contributed by atoms with Crippen LogP contribution in [0.5, 0.6) is 0 Å². The van der Waals surface area contributed by atoms with Crippen LogP contribution in [0, 0.1) is 0 Å². The molecule has 37 heavy (non-hydrogen) atoms. The van der Waals surface area contributed by atoms with Gasteiger partial charge in [-0.25, -0.2) is 4.98 Å². The maximum atomic E-state index is 13.6. The van der Waals surface area contributed by atoms with Gasteiger partial charge in [0.2, 0.25) is 5.91 Å². The summed E-state index contributed by atoms with van der Waals surface area (Å²) in [5.74, 6) is -1.05. The van der Waals surface area contributed by atoms with Gasteiger partial charge in [-0.2, -0.15) is 0 Å². The molecule has 4 heterocycles. The molecule has 1 atom stereocenters. The molecule has 2 aromatic rings. The Morgan fingerprint density at radius 3 is 2.89 bits per heavy atom. The van der Waals surface area contributed by atoms with Crippen molar-refractivity contribution in [3.8, 4) is 0 Å².